The number of ether oxygens (including phenoxy) is 1. The molecule has 1 unspecified atom stereocenters. The summed E-state index contributed by atoms with van der Waals surface area (Å²) >= 11 is 0. The Labute approximate surface area is 124 Å². The Balaban J connectivity index is 2.21. The molecule has 1 aliphatic rings. The SMILES string of the molecule is CC(C)(C)NC(=O)C1COc2ccc(S(N)(=O)=O)cc2C1. The zero-order valence-corrected chi connectivity index (χ0v) is 13.2. The third kappa shape index (κ3) is 3.95. The molecule has 0 aliphatic carbocycles. The first-order valence-electron chi connectivity index (χ1n) is 6.67. The van der Waals surface area contributed by atoms with Gasteiger partial charge in [-0.2, -0.15) is 0 Å². The molecule has 1 aliphatic heterocycles. The number of carbonyl (C=O) groups is 1. The summed E-state index contributed by atoms with van der Waals surface area (Å²) in [4.78, 5) is 12.2. The van der Waals surface area contributed by atoms with Gasteiger partial charge in [0.1, 0.15) is 12.4 Å². The van der Waals surface area contributed by atoms with Crippen LogP contribution >= 0.6 is 0 Å². The molecule has 116 valence electrons. The summed E-state index contributed by atoms with van der Waals surface area (Å²) in [5.41, 5.74) is 0.363. The summed E-state index contributed by atoms with van der Waals surface area (Å²) in [5, 5.41) is 8.02. The monoisotopic (exact) mass is 312 g/mol. The maximum Gasteiger partial charge on any atom is 0.238 e. The molecule has 0 aromatic heterocycles. The Bertz CT molecular complexity index is 662. The molecule has 2 rings (SSSR count). The standard InChI is InChI=1S/C14H20N2O4S/c1-14(2,3)16-13(17)10-6-9-7-11(21(15,18)19)4-5-12(9)20-8-10/h4-5,7,10H,6,8H2,1-3H3,(H,16,17)(H2,15,18,19). The minimum absolute atomic E-state index is 0.0294. The fourth-order valence-electron chi connectivity index (χ4n) is 2.19. The molecule has 1 heterocycles. The normalized spacial score (nSPS) is 18.6. The summed E-state index contributed by atoms with van der Waals surface area (Å²) in [7, 11) is -3.76. The number of rotatable bonds is 2. The summed E-state index contributed by atoms with van der Waals surface area (Å²) in [6.45, 7) is 5.99. The molecule has 0 saturated heterocycles. The second-order valence-electron chi connectivity index (χ2n) is 6.27. The molecule has 0 saturated carbocycles. The average Bonchev–Trinajstić information content (AvgIpc) is 2.34. The first-order valence-corrected chi connectivity index (χ1v) is 8.21. The fourth-order valence-corrected chi connectivity index (χ4v) is 2.75. The van der Waals surface area contributed by atoms with Gasteiger partial charge in [0.15, 0.2) is 0 Å². The summed E-state index contributed by atoms with van der Waals surface area (Å²) < 4.78 is 28.3. The summed E-state index contributed by atoms with van der Waals surface area (Å²) in [5.74, 6) is 0.156. The van der Waals surface area contributed by atoms with Crippen LogP contribution in [0.15, 0.2) is 23.1 Å². The lowest BCUT2D eigenvalue weighted by atomic mass is 9.95. The number of carbonyl (C=O) groups excluding carboxylic acids is 1. The van der Waals surface area contributed by atoms with Crippen molar-refractivity contribution < 1.29 is 17.9 Å². The molecular formula is C14H20N2O4S. The molecule has 3 N–H and O–H groups in total. The number of fused-ring (bicyclic) bond motifs is 1. The van der Waals surface area contributed by atoms with Gasteiger partial charge in [0.25, 0.3) is 0 Å². The van der Waals surface area contributed by atoms with Crippen LogP contribution in [0.1, 0.15) is 26.3 Å². The highest BCUT2D eigenvalue weighted by Gasteiger charge is 2.29. The van der Waals surface area contributed by atoms with Gasteiger partial charge in [-0.05, 0) is 51.0 Å². The van der Waals surface area contributed by atoms with Crippen molar-refractivity contribution in [3.63, 3.8) is 0 Å². The van der Waals surface area contributed by atoms with Gasteiger partial charge in [-0.3, -0.25) is 4.79 Å². The third-order valence-electron chi connectivity index (χ3n) is 3.14. The fraction of sp³-hybridized carbons (Fsp3) is 0.500. The van der Waals surface area contributed by atoms with E-state index < -0.39 is 10.0 Å². The van der Waals surface area contributed by atoms with Crippen molar-refractivity contribution in [2.45, 2.75) is 37.6 Å². The molecule has 21 heavy (non-hydrogen) atoms. The number of hydrogen-bond donors (Lipinski definition) is 2. The van der Waals surface area contributed by atoms with E-state index in [9.17, 15) is 13.2 Å². The minimum atomic E-state index is -3.76. The van der Waals surface area contributed by atoms with Crippen LogP contribution < -0.4 is 15.2 Å². The second-order valence-corrected chi connectivity index (χ2v) is 7.83. The Morgan fingerprint density at radius 2 is 2.05 bits per heavy atom. The Morgan fingerprint density at radius 3 is 2.62 bits per heavy atom. The number of sulfonamides is 1. The van der Waals surface area contributed by atoms with E-state index in [0.29, 0.717) is 17.7 Å². The zero-order chi connectivity index (χ0) is 15.8. The molecule has 0 bridgehead atoms. The van der Waals surface area contributed by atoms with Gasteiger partial charge in [0.05, 0.1) is 10.8 Å². The first-order chi connectivity index (χ1) is 9.56. The third-order valence-corrected chi connectivity index (χ3v) is 4.05. The predicted octanol–water partition coefficient (Wildman–Crippen LogP) is 0.800. The highest BCUT2D eigenvalue weighted by Crippen LogP contribution is 2.29. The van der Waals surface area contributed by atoms with Gasteiger partial charge in [0, 0.05) is 5.54 Å². The molecule has 0 radical (unpaired) electrons. The Hall–Kier alpha value is -1.60. The maximum atomic E-state index is 12.2. The highest BCUT2D eigenvalue weighted by molar-refractivity contribution is 7.89. The summed E-state index contributed by atoms with van der Waals surface area (Å²) in [6, 6.07) is 4.46. The molecule has 1 atom stereocenters. The van der Waals surface area contributed by atoms with Crippen molar-refractivity contribution in [2.75, 3.05) is 6.61 Å². The van der Waals surface area contributed by atoms with Crippen molar-refractivity contribution in [3.05, 3.63) is 23.8 Å². The number of amides is 1. The Kier molecular flexibility index (Phi) is 3.99. The largest absolute Gasteiger partial charge is 0.492 e. The lowest BCUT2D eigenvalue weighted by Crippen LogP contribution is -2.46. The van der Waals surface area contributed by atoms with Crippen molar-refractivity contribution >= 4 is 15.9 Å². The lowest BCUT2D eigenvalue weighted by Gasteiger charge is -2.28. The van der Waals surface area contributed by atoms with E-state index in [2.05, 4.69) is 5.32 Å². The number of nitrogens with one attached hydrogen (secondary N) is 1. The quantitative estimate of drug-likeness (QED) is 0.844. The highest BCUT2D eigenvalue weighted by atomic mass is 32.2. The molecule has 1 amide bonds. The van der Waals surface area contributed by atoms with Crippen LogP contribution in [-0.2, 0) is 21.2 Å². The van der Waals surface area contributed by atoms with E-state index in [0.717, 1.165) is 0 Å². The van der Waals surface area contributed by atoms with Gasteiger partial charge in [-0.15, -0.1) is 0 Å². The molecule has 6 nitrogen and oxygen atoms in total. The number of nitrogens with two attached hydrogens (primary N) is 1. The van der Waals surface area contributed by atoms with Crippen molar-refractivity contribution in [1.29, 1.82) is 0 Å². The molecule has 0 spiro atoms. The minimum Gasteiger partial charge on any atom is -0.492 e. The smallest absolute Gasteiger partial charge is 0.238 e. The van der Waals surface area contributed by atoms with Crippen molar-refractivity contribution in [1.82, 2.24) is 5.32 Å². The van der Waals surface area contributed by atoms with Gasteiger partial charge in [0.2, 0.25) is 15.9 Å². The number of primary sulfonamides is 1. The summed E-state index contributed by atoms with van der Waals surface area (Å²) in [6.07, 6.45) is 0.431. The predicted molar refractivity (Wildman–Crippen MR) is 78.4 cm³/mol. The molecular weight excluding hydrogens is 292 g/mol. The van der Waals surface area contributed by atoms with Crippen LogP contribution in [0.25, 0.3) is 0 Å². The van der Waals surface area contributed by atoms with Crippen LogP contribution in [0.2, 0.25) is 0 Å². The van der Waals surface area contributed by atoms with E-state index in [1.54, 1.807) is 6.07 Å². The molecule has 1 aromatic rings. The average molecular weight is 312 g/mol. The van der Waals surface area contributed by atoms with E-state index in [1.165, 1.54) is 12.1 Å². The van der Waals surface area contributed by atoms with Crippen LogP contribution in [0.4, 0.5) is 0 Å². The maximum absolute atomic E-state index is 12.2. The van der Waals surface area contributed by atoms with Crippen LogP contribution in [-0.4, -0.2) is 26.5 Å². The lowest BCUT2D eigenvalue weighted by molar-refractivity contribution is -0.127. The second kappa shape index (κ2) is 5.31. The van der Waals surface area contributed by atoms with Gasteiger partial charge >= 0.3 is 0 Å². The van der Waals surface area contributed by atoms with Crippen molar-refractivity contribution in [3.8, 4) is 5.75 Å². The van der Waals surface area contributed by atoms with Crippen molar-refractivity contribution in [2.24, 2.45) is 11.1 Å². The molecule has 0 fully saturated rings. The number of benzene rings is 1. The van der Waals surface area contributed by atoms with Gasteiger partial charge in [-0.25, -0.2) is 13.6 Å². The Morgan fingerprint density at radius 1 is 1.38 bits per heavy atom. The van der Waals surface area contributed by atoms with Crippen LogP contribution in [0, 0.1) is 5.92 Å². The zero-order valence-electron chi connectivity index (χ0n) is 12.3. The van der Waals surface area contributed by atoms with Crippen LogP contribution in [0.3, 0.4) is 0 Å². The van der Waals surface area contributed by atoms with E-state index in [4.69, 9.17) is 9.88 Å². The number of hydrogen-bond acceptors (Lipinski definition) is 4. The topological polar surface area (TPSA) is 98.5 Å². The van der Waals surface area contributed by atoms with Gasteiger partial charge < -0.3 is 10.1 Å². The molecule has 1 aromatic carbocycles. The van der Waals surface area contributed by atoms with E-state index in [-0.39, 0.29) is 28.9 Å². The molecule has 7 heteroatoms. The van der Waals surface area contributed by atoms with E-state index >= 15 is 0 Å². The first kappa shape index (κ1) is 15.8. The van der Waals surface area contributed by atoms with Gasteiger partial charge in [-0.1, -0.05) is 0 Å². The van der Waals surface area contributed by atoms with E-state index in [1.807, 2.05) is 20.8 Å². The van der Waals surface area contributed by atoms with Crippen LogP contribution in [0.5, 0.6) is 5.75 Å².